The summed E-state index contributed by atoms with van der Waals surface area (Å²) in [5.74, 6) is -0.497. The van der Waals surface area contributed by atoms with Gasteiger partial charge in [0.1, 0.15) is 0 Å². The number of carbonyl (C=O) groups is 1. The van der Waals surface area contributed by atoms with Crippen LogP contribution in [0.15, 0.2) is 29.3 Å². The summed E-state index contributed by atoms with van der Waals surface area (Å²) in [5, 5.41) is 17.1. The summed E-state index contributed by atoms with van der Waals surface area (Å²) in [6.45, 7) is 1.55. The van der Waals surface area contributed by atoms with Gasteiger partial charge in [-0.2, -0.15) is 15.4 Å². The number of aromatic amines is 1. The highest BCUT2D eigenvalue weighted by Crippen LogP contribution is 2.22. The molecule has 0 saturated heterocycles. The lowest BCUT2D eigenvalue weighted by molar-refractivity contribution is 0.102. The standard InChI is InChI=1S/C10H11N5O3S/c1-6-7(3-2-4-9(6)19(11,17)18)13-10(16)8-5-12-15-14-8/h2-5H,1H3,(H,13,16)(H2,11,17,18)(H,12,14,15). The Bertz CT molecular complexity index is 709. The van der Waals surface area contributed by atoms with Crippen molar-refractivity contribution >= 4 is 21.6 Å². The van der Waals surface area contributed by atoms with Crippen molar-refractivity contribution in [3.8, 4) is 0 Å². The monoisotopic (exact) mass is 281 g/mol. The Morgan fingerprint density at radius 3 is 2.74 bits per heavy atom. The van der Waals surface area contributed by atoms with Crippen LogP contribution in [0.4, 0.5) is 5.69 Å². The summed E-state index contributed by atoms with van der Waals surface area (Å²) < 4.78 is 22.7. The molecule has 0 spiro atoms. The highest BCUT2D eigenvalue weighted by Gasteiger charge is 2.16. The van der Waals surface area contributed by atoms with Crippen molar-refractivity contribution in [2.24, 2.45) is 5.14 Å². The summed E-state index contributed by atoms with van der Waals surface area (Å²) in [7, 11) is -3.83. The molecule has 19 heavy (non-hydrogen) atoms. The van der Waals surface area contributed by atoms with E-state index in [4.69, 9.17) is 5.14 Å². The van der Waals surface area contributed by atoms with E-state index in [9.17, 15) is 13.2 Å². The van der Waals surface area contributed by atoms with Crippen molar-refractivity contribution in [2.45, 2.75) is 11.8 Å². The van der Waals surface area contributed by atoms with Crippen LogP contribution in [0.25, 0.3) is 0 Å². The predicted molar refractivity (Wildman–Crippen MR) is 66.9 cm³/mol. The van der Waals surface area contributed by atoms with Crippen molar-refractivity contribution in [3.05, 3.63) is 35.7 Å². The second-order valence-electron chi connectivity index (χ2n) is 3.78. The number of aromatic nitrogens is 3. The summed E-state index contributed by atoms with van der Waals surface area (Å²) >= 11 is 0. The maximum atomic E-state index is 11.8. The minimum atomic E-state index is -3.83. The van der Waals surface area contributed by atoms with Gasteiger partial charge in [-0.3, -0.25) is 4.79 Å². The Labute approximate surface area is 109 Å². The fraction of sp³-hybridized carbons (Fsp3) is 0.100. The molecule has 0 atom stereocenters. The molecule has 2 rings (SSSR count). The van der Waals surface area contributed by atoms with Crippen LogP contribution in [0.2, 0.25) is 0 Å². The fourth-order valence-electron chi connectivity index (χ4n) is 1.56. The van der Waals surface area contributed by atoms with Gasteiger partial charge < -0.3 is 5.32 Å². The van der Waals surface area contributed by atoms with Gasteiger partial charge in [0.25, 0.3) is 5.91 Å². The van der Waals surface area contributed by atoms with Crippen LogP contribution < -0.4 is 10.5 Å². The topological polar surface area (TPSA) is 131 Å². The van der Waals surface area contributed by atoms with Gasteiger partial charge in [-0.05, 0) is 24.6 Å². The Morgan fingerprint density at radius 1 is 1.42 bits per heavy atom. The number of hydrogen-bond donors (Lipinski definition) is 3. The highest BCUT2D eigenvalue weighted by atomic mass is 32.2. The molecule has 0 aliphatic carbocycles. The van der Waals surface area contributed by atoms with Crippen LogP contribution in [0.5, 0.6) is 0 Å². The molecule has 100 valence electrons. The first-order valence-corrected chi connectivity index (χ1v) is 6.74. The molecule has 0 fully saturated rings. The maximum Gasteiger partial charge on any atom is 0.277 e. The summed E-state index contributed by atoms with van der Waals surface area (Å²) in [6.07, 6.45) is 1.26. The smallest absolute Gasteiger partial charge is 0.277 e. The van der Waals surface area contributed by atoms with Crippen molar-refractivity contribution < 1.29 is 13.2 Å². The number of sulfonamides is 1. The van der Waals surface area contributed by atoms with Crippen LogP contribution >= 0.6 is 0 Å². The average Bonchev–Trinajstić information content (AvgIpc) is 2.83. The number of nitrogens with zero attached hydrogens (tertiary/aromatic N) is 2. The van der Waals surface area contributed by atoms with E-state index in [2.05, 4.69) is 20.7 Å². The molecule has 8 nitrogen and oxygen atoms in total. The third-order valence-corrected chi connectivity index (χ3v) is 3.54. The number of anilines is 1. The summed E-state index contributed by atoms with van der Waals surface area (Å²) in [4.78, 5) is 11.7. The molecule has 4 N–H and O–H groups in total. The second-order valence-corrected chi connectivity index (χ2v) is 5.31. The molecule has 1 aromatic carbocycles. The molecule has 0 unspecified atom stereocenters. The molecule has 0 aliphatic heterocycles. The number of hydrogen-bond acceptors (Lipinski definition) is 5. The van der Waals surface area contributed by atoms with E-state index in [1.54, 1.807) is 13.0 Å². The predicted octanol–water partition coefficient (Wildman–Crippen LogP) is 0.0128. The molecule has 0 bridgehead atoms. The van der Waals surface area contributed by atoms with Crippen LogP contribution in [-0.2, 0) is 10.0 Å². The zero-order valence-corrected chi connectivity index (χ0v) is 10.7. The Hall–Kier alpha value is -2.26. The fourth-order valence-corrected chi connectivity index (χ4v) is 2.36. The van der Waals surface area contributed by atoms with Crippen LogP contribution in [0.3, 0.4) is 0 Å². The lowest BCUT2D eigenvalue weighted by atomic mass is 10.2. The quantitative estimate of drug-likeness (QED) is 0.729. The lowest BCUT2D eigenvalue weighted by Gasteiger charge is -2.10. The minimum absolute atomic E-state index is 0.0366. The third-order valence-electron chi connectivity index (χ3n) is 2.49. The van der Waals surface area contributed by atoms with Gasteiger partial charge in [-0.1, -0.05) is 6.07 Å². The number of H-pyrrole nitrogens is 1. The van der Waals surface area contributed by atoms with Crippen LogP contribution in [0, 0.1) is 6.92 Å². The molecular weight excluding hydrogens is 270 g/mol. The summed E-state index contributed by atoms with van der Waals surface area (Å²) in [6, 6.07) is 4.43. The van der Waals surface area contributed by atoms with E-state index in [0.29, 0.717) is 11.3 Å². The van der Waals surface area contributed by atoms with Gasteiger partial charge in [0.2, 0.25) is 10.0 Å². The van der Waals surface area contributed by atoms with Gasteiger partial charge >= 0.3 is 0 Å². The van der Waals surface area contributed by atoms with Gasteiger partial charge in [-0.15, -0.1) is 0 Å². The van der Waals surface area contributed by atoms with Gasteiger partial charge in [0.05, 0.1) is 11.1 Å². The molecule has 9 heteroatoms. The van der Waals surface area contributed by atoms with Crippen molar-refractivity contribution in [1.82, 2.24) is 15.4 Å². The van der Waals surface area contributed by atoms with E-state index in [0.717, 1.165) is 0 Å². The number of primary sulfonamides is 1. The maximum absolute atomic E-state index is 11.8. The van der Waals surface area contributed by atoms with Crippen molar-refractivity contribution in [3.63, 3.8) is 0 Å². The molecule has 2 aromatic rings. The first-order valence-electron chi connectivity index (χ1n) is 5.19. The number of carbonyl (C=O) groups excluding carboxylic acids is 1. The zero-order valence-electron chi connectivity index (χ0n) is 9.91. The highest BCUT2D eigenvalue weighted by molar-refractivity contribution is 7.89. The molecule has 1 amide bonds. The number of amides is 1. The Morgan fingerprint density at radius 2 is 2.16 bits per heavy atom. The molecule has 1 aromatic heterocycles. The normalized spacial score (nSPS) is 11.3. The molecule has 1 heterocycles. The number of nitrogens with one attached hydrogen (secondary N) is 2. The van der Waals surface area contributed by atoms with Crippen LogP contribution in [0.1, 0.15) is 16.1 Å². The molecule has 0 radical (unpaired) electrons. The largest absolute Gasteiger partial charge is 0.320 e. The Kier molecular flexibility index (Phi) is 3.32. The minimum Gasteiger partial charge on any atom is -0.320 e. The van der Waals surface area contributed by atoms with Crippen molar-refractivity contribution in [1.29, 1.82) is 0 Å². The average molecular weight is 281 g/mol. The first-order chi connectivity index (χ1) is 8.89. The molecule has 0 saturated carbocycles. The van der Waals surface area contributed by atoms with Gasteiger partial charge in [0.15, 0.2) is 5.69 Å². The SMILES string of the molecule is Cc1c(NC(=O)c2cn[nH]n2)cccc1S(N)(=O)=O. The third kappa shape index (κ3) is 2.77. The lowest BCUT2D eigenvalue weighted by Crippen LogP contribution is -2.17. The second kappa shape index (κ2) is 4.78. The molecule has 0 aliphatic rings. The number of rotatable bonds is 3. The zero-order chi connectivity index (χ0) is 14.0. The molecular formula is C10H11N5O3S. The first kappa shape index (κ1) is 13.2. The van der Waals surface area contributed by atoms with E-state index in [-0.39, 0.29) is 10.6 Å². The van der Waals surface area contributed by atoms with Gasteiger partial charge in [0, 0.05) is 5.69 Å². The van der Waals surface area contributed by atoms with E-state index < -0.39 is 15.9 Å². The van der Waals surface area contributed by atoms with E-state index >= 15 is 0 Å². The van der Waals surface area contributed by atoms with Gasteiger partial charge in [-0.25, -0.2) is 13.6 Å². The van der Waals surface area contributed by atoms with E-state index in [1.807, 2.05) is 0 Å². The van der Waals surface area contributed by atoms with E-state index in [1.165, 1.54) is 18.3 Å². The number of nitrogens with two attached hydrogens (primary N) is 1. The van der Waals surface area contributed by atoms with Crippen LogP contribution in [-0.4, -0.2) is 29.7 Å². The van der Waals surface area contributed by atoms with Crippen molar-refractivity contribution in [2.75, 3.05) is 5.32 Å². The summed E-state index contributed by atoms with van der Waals surface area (Å²) in [5.41, 5.74) is 0.807. The number of benzene rings is 1. The Balaban J connectivity index is 2.35.